The highest BCUT2D eigenvalue weighted by Gasteiger charge is 2.28. The average molecular weight is 305 g/mol. The van der Waals surface area contributed by atoms with Crippen LogP contribution in [0.4, 0.5) is 0 Å². The standard InChI is InChI=1S/C18H28N2S/c1-14(2)20-12-6-9-17(20)15-10-11-18(19-13-15)21-16-7-4-3-5-8-16/h10-11,13-14,16-17H,3-9,12H2,1-2H3. The van der Waals surface area contributed by atoms with E-state index < -0.39 is 0 Å². The monoisotopic (exact) mass is 304 g/mol. The minimum absolute atomic E-state index is 0.589. The van der Waals surface area contributed by atoms with Crippen molar-refractivity contribution in [2.24, 2.45) is 0 Å². The van der Waals surface area contributed by atoms with Crippen LogP contribution in [0.2, 0.25) is 0 Å². The second-order valence-electron chi connectivity index (χ2n) is 6.80. The van der Waals surface area contributed by atoms with Gasteiger partial charge in [0.25, 0.3) is 0 Å². The van der Waals surface area contributed by atoms with Gasteiger partial charge < -0.3 is 0 Å². The van der Waals surface area contributed by atoms with Gasteiger partial charge in [0.15, 0.2) is 0 Å². The lowest BCUT2D eigenvalue weighted by Gasteiger charge is -2.28. The van der Waals surface area contributed by atoms with Gasteiger partial charge in [0.1, 0.15) is 0 Å². The highest BCUT2D eigenvalue weighted by Crippen LogP contribution is 2.35. The summed E-state index contributed by atoms with van der Waals surface area (Å²) >= 11 is 2.00. The maximum Gasteiger partial charge on any atom is 0.0962 e. The van der Waals surface area contributed by atoms with Gasteiger partial charge >= 0.3 is 0 Å². The van der Waals surface area contributed by atoms with Crippen LogP contribution < -0.4 is 0 Å². The number of hydrogen-bond donors (Lipinski definition) is 0. The van der Waals surface area contributed by atoms with Crippen molar-refractivity contribution in [3.63, 3.8) is 0 Å². The van der Waals surface area contributed by atoms with Crippen LogP contribution in [-0.4, -0.2) is 27.7 Å². The number of nitrogens with zero attached hydrogens (tertiary/aromatic N) is 2. The Morgan fingerprint density at radius 3 is 2.57 bits per heavy atom. The number of hydrogen-bond acceptors (Lipinski definition) is 3. The molecule has 0 N–H and O–H groups in total. The normalized spacial score (nSPS) is 24.8. The minimum Gasteiger partial charge on any atom is -0.294 e. The molecule has 2 nitrogen and oxygen atoms in total. The molecule has 1 unspecified atom stereocenters. The molecule has 21 heavy (non-hydrogen) atoms. The lowest BCUT2D eigenvalue weighted by molar-refractivity contribution is 0.205. The molecule has 1 aromatic rings. The zero-order valence-corrected chi connectivity index (χ0v) is 14.2. The second kappa shape index (κ2) is 7.15. The molecule has 3 rings (SSSR count). The van der Waals surface area contributed by atoms with Crippen LogP contribution in [0, 0.1) is 0 Å². The molecule has 0 amide bonds. The first-order valence-corrected chi connectivity index (χ1v) is 9.50. The van der Waals surface area contributed by atoms with E-state index in [2.05, 4.69) is 37.1 Å². The molecule has 0 bridgehead atoms. The van der Waals surface area contributed by atoms with Gasteiger partial charge in [0, 0.05) is 23.5 Å². The van der Waals surface area contributed by atoms with Crippen LogP contribution in [0.3, 0.4) is 0 Å². The summed E-state index contributed by atoms with van der Waals surface area (Å²) in [7, 11) is 0. The van der Waals surface area contributed by atoms with Crippen LogP contribution in [0.15, 0.2) is 23.4 Å². The predicted molar refractivity (Wildman–Crippen MR) is 90.8 cm³/mol. The molecule has 116 valence electrons. The van der Waals surface area contributed by atoms with Gasteiger partial charge in [-0.2, -0.15) is 0 Å². The zero-order valence-electron chi connectivity index (χ0n) is 13.4. The fourth-order valence-corrected chi connectivity index (χ4v) is 4.95. The Morgan fingerprint density at radius 1 is 1.10 bits per heavy atom. The van der Waals surface area contributed by atoms with Gasteiger partial charge in [0.05, 0.1) is 5.03 Å². The highest BCUT2D eigenvalue weighted by atomic mass is 32.2. The van der Waals surface area contributed by atoms with Crippen LogP contribution >= 0.6 is 11.8 Å². The van der Waals surface area contributed by atoms with E-state index in [1.807, 2.05) is 11.8 Å². The summed E-state index contributed by atoms with van der Waals surface area (Å²) < 4.78 is 0. The Labute approximate surface area is 133 Å². The quantitative estimate of drug-likeness (QED) is 0.774. The average Bonchev–Trinajstić information content (AvgIpc) is 2.99. The molecular formula is C18H28N2S. The Morgan fingerprint density at radius 2 is 1.90 bits per heavy atom. The van der Waals surface area contributed by atoms with E-state index in [0.29, 0.717) is 12.1 Å². The molecule has 0 radical (unpaired) electrons. The third kappa shape index (κ3) is 3.81. The van der Waals surface area contributed by atoms with Crippen LogP contribution in [0.1, 0.15) is 70.4 Å². The zero-order chi connectivity index (χ0) is 14.7. The lowest BCUT2D eigenvalue weighted by atomic mass is 10.0. The molecule has 3 heteroatoms. The van der Waals surface area contributed by atoms with Crippen molar-refractivity contribution in [1.82, 2.24) is 9.88 Å². The van der Waals surface area contributed by atoms with E-state index in [-0.39, 0.29) is 0 Å². The first kappa shape index (κ1) is 15.4. The molecule has 2 heterocycles. The number of likely N-dealkylation sites (tertiary alicyclic amines) is 1. The third-order valence-corrected chi connectivity index (χ3v) is 6.23. The first-order chi connectivity index (χ1) is 10.2. The third-order valence-electron chi connectivity index (χ3n) is 4.94. The molecule has 0 aromatic carbocycles. The van der Waals surface area contributed by atoms with E-state index >= 15 is 0 Å². The van der Waals surface area contributed by atoms with E-state index in [4.69, 9.17) is 4.98 Å². The fourth-order valence-electron chi connectivity index (χ4n) is 3.78. The maximum absolute atomic E-state index is 4.75. The van der Waals surface area contributed by atoms with Crippen molar-refractivity contribution in [2.45, 2.75) is 81.2 Å². The van der Waals surface area contributed by atoms with Crippen LogP contribution in [0.5, 0.6) is 0 Å². The summed E-state index contributed by atoms with van der Waals surface area (Å²) in [6.45, 7) is 5.85. The van der Waals surface area contributed by atoms with E-state index in [1.165, 1.54) is 62.1 Å². The van der Waals surface area contributed by atoms with Crippen molar-refractivity contribution >= 4 is 11.8 Å². The van der Waals surface area contributed by atoms with Crippen molar-refractivity contribution in [3.05, 3.63) is 23.9 Å². The SMILES string of the molecule is CC(C)N1CCCC1c1ccc(SC2CCCCC2)nc1. The van der Waals surface area contributed by atoms with Gasteiger partial charge in [-0.1, -0.05) is 25.3 Å². The summed E-state index contributed by atoms with van der Waals surface area (Å²) in [5.74, 6) is 0. The van der Waals surface area contributed by atoms with Gasteiger partial charge in [-0.05, 0) is 57.7 Å². The number of thioether (sulfide) groups is 1. The van der Waals surface area contributed by atoms with Crippen molar-refractivity contribution in [2.75, 3.05) is 6.54 Å². The van der Waals surface area contributed by atoms with E-state index in [1.54, 1.807) is 0 Å². The van der Waals surface area contributed by atoms with Gasteiger partial charge in [-0.15, -0.1) is 11.8 Å². The molecule has 0 spiro atoms. The Balaban J connectivity index is 1.63. The first-order valence-electron chi connectivity index (χ1n) is 8.62. The highest BCUT2D eigenvalue weighted by molar-refractivity contribution is 7.99. The summed E-state index contributed by atoms with van der Waals surface area (Å²) in [6, 6.07) is 5.80. The Hall–Kier alpha value is -0.540. The topological polar surface area (TPSA) is 16.1 Å². The second-order valence-corrected chi connectivity index (χ2v) is 8.12. The largest absolute Gasteiger partial charge is 0.294 e. The number of pyridine rings is 1. The molecule has 1 atom stereocenters. The molecule has 1 saturated carbocycles. The lowest BCUT2D eigenvalue weighted by Crippen LogP contribution is -2.30. The van der Waals surface area contributed by atoms with Crippen LogP contribution in [0.25, 0.3) is 0 Å². The maximum atomic E-state index is 4.75. The molecule has 2 fully saturated rings. The van der Waals surface area contributed by atoms with Gasteiger partial charge in [0.2, 0.25) is 0 Å². The van der Waals surface area contributed by atoms with E-state index in [9.17, 15) is 0 Å². The molecule has 1 aliphatic heterocycles. The predicted octanol–water partition coefficient (Wildman–Crippen LogP) is 5.05. The molecular weight excluding hydrogens is 276 g/mol. The minimum atomic E-state index is 0.589. The summed E-state index contributed by atoms with van der Waals surface area (Å²) in [4.78, 5) is 7.36. The Kier molecular flexibility index (Phi) is 5.23. The molecule has 1 saturated heterocycles. The number of rotatable bonds is 4. The van der Waals surface area contributed by atoms with Crippen molar-refractivity contribution in [1.29, 1.82) is 0 Å². The van der Waals surface area contributed by atoms with Crippen molar-refractivity contribution < 1.29 is 0 Å². The molecule has 1 aromatic heterocycles. The van der Waals surface area contributed by atoms with Crippen molar-refractivity contribution in [3.8, 4) is 0 Å². The number of aromatic nitrogens is 1. The summed E-state index contributed by atoms with van der Waals surface area (Å²) in [5.41, 5.74) is 1.41. The molecule has 2 aliphatic rings. The molecule has 1 aliphatic carbocycles. The summed E-state index contributed by atoms with van der Waals surface area (Å²) in [5, 5.41) is 2.02. The Bertz CT molecular complexity index is 437. The van der Waals surface area contributed by atoms with Gasteiger partial charge in [-0.25, -0.2) is 4.98 Å². The fraction of sp³-hybridized carbons (Fsp3) is 0.722. The van der Waals surface area contributed by atoms with E-state index in [0.717, 1.165) is 5.25 Å². The van der Waals surface area contributed by atoms with Gasteiger partial charge in [-0.3, -0.25) is 4.90 Å². The van der Waals surface area contributed by atoms with Crippen LogP contribution in [-0.2, 0) is 0 Å². The summed E-state index contributed by atoms with van der Waals surface area (Å²) in [6.07, 6.45) is 11.7. The smallest absolute Gasteiger partial charge is 0.0962 e.